The van der Waals surface area contributed by atoms with Crippen molar-refractivity contribution in [2.45, 2.75) is 45.6 Å². The van der Waals surface area contributed by atoms with Crippen molar-refractivity contribution in [3.63, 3.8) is 0 Å². The Hall–Kier alpha value is -0.730. The van der Waals surface area contributed by atoms with Gasteiger partial charge in [0.05, 0.1) is 0 Å². The monoisotopic (exact) mass is 211 g/mol. The van der Waals surface area contributed by atoms with E-state index in [2.05, 4.69) is 0 Å². The van der Waals surface area contributed by atoms with Crippen molar-refractivity contribution < 1.29 is 9.53 Å². The molecule has 2 unspecified atom stereocenters. The minimum absolute atomic E-state index is 0.132. The number of carbonyl (C=O) groups is 1. The first-order chi connectivity index (χ1) is 6.96. The molecule has 0 radical (unpaired) electrons. The van der Waals surface area contributed by atoms with E-state index in [1.165, 1.54) is 19.3 Å². The summed E-state index contributed by atoms with van der Waals surface area (Å²) in [5, 5.41) is 0. The highest BCUT2D eigenvalue weighted by atomic mass is 16.6. The van der Waals surface area contributed by atoms with E-state index in [-0.39, 0.29) is 11.7 Å². The predicted molar refractivity (Wildman–Crippen MR) is 58.6 cm³/mol. The van der Waals surface area contributed by atoms with E-state index in [1.54, 1.807) is 0 Å². The van der Waals surface area contributed by atoms with Crippen LogP contribution in [0.3, 0.4) is 0 Å². The van der Waals surface area contributed by atoms with E-state index in [0.29, 0.717) is 0 Å². The molecule has 2 fully saturated rings. The number of hydrogen-bond acceptors (Lipinski definition) is 2. The molecule has 1 aliphatic carbocycles. The van der Waals surface area contributed by atoms with E-state index >= 15 is 0 Å². The molecule has 1 aliphatic heterocycles. The first-order valence-electron chi connectivity index (χ1n) is 5.93. The van der Waals surface area contributed by atoms with Crippen LogP contribution in [-0.2, 0) is 4.74 Å². The largest absolute Gasteiger partial charge is 0.444 e. The van der Waals surface area contributed by atoms with Gasteiger partial charge in [0.25, 0.3) is 0 Å². The SMILES string of the molecule is CC(C)(C)OC(=O)N1CCC2CCC2C1. The summed E-state index contributed by atoms with van der Waals surface area (Å²) in [7, 11) is 0. The van der Waals surface area contributed by atoms with Gasteiger partial charge in [0.15, 0.2) is 0 Å². The summed E-state index contributed by atoms with van der Waals surface area (Å²) < 4.78 is 5.37. The smallest absolute Gasteiger partial charge is 0.410 e. The van der Waals surface area contributed by atoms with Crippen LogP contribution >= 0.6 is 0 Å². The lowest BCUT2D eigenvalue weighted by Crippen LogP contribution is -2.49. The fourth-order valence-corrected chi connectivity index (χ4v) is 2.45. The molecule has 2 atom stereocenters. The maximum atomic E-state index is 11.8. The van der Waals surface area contributed by atoms with Crippen molar-refractivity contribution in [1.29, 1.82) is 0 Å². The Morgan fingerprint density at radius 2 is 1.87 bits per heavy atom. The summed E-state index contributed by atoms with van der Waals surface area (Å²) in [4.78, 5) is 13.7. The molecule has 86 valence electrons. The lowest BCUT2D eigenvalue weighted by Gasteiger charge is -2.45. The molecular formula is C12H21NO2. The normalized spacial score (nSPS) is 30.5. The zero-order valence-corrected chi connectivity index (χ0v) is 9.95. The van der Waals surface area contributed by atoms with Crippen LogP contribution in [0.1, 0.15) is 40.0 Å². The van der Waals surface area contributed by atoms with E-state index in [0.717, 1.165) is 24.9 Å². The van der Waals surface area contributed by atoms with Crippen LogP contribution in [0.25, 0.3) is 0 Å². The first kappa shape index (κ1) is 10.8. The molecule has 0 aromatic heterocycles. The van der Waals surface area contributed by atoms with E-state index in [9.17, 15) is 4.79 Å². The summed E-state index contributed by atoms with van der Waals surface area (Å²) >= 11 is 0. The van der Waals surface area contributed by atoms with Gasteiger partial charge < -0.3 is 9.64 Å². The minimum Gasteiger partial charge on any atom is -0.444 e. The van der Waals surface area contributed by atoms with Crippen molar-refractivity contribution >= 4 is 6.09 Å². The number of ether oxygens (including phenoxy) is 1. The number of piperidine rings is 1. The number of hydrogen-bond donors (Lipinski definition) is 0. The van der Waals surface area contributed by atoms with Crippen LogP contribution in [0.4, 0.5) is 4.79 Å². The van der Waals surface area contributed by atoms with Gasteiger partial charge in [-0.3, -0.25) is 0 Å². The second kappa shape index (κ2) is 3.69. The molecule has 0 aromatic rings. The van der Waals surface area contributed by atoms with Gasteiger partial charge in [0, 0.05) is 13.1 Å². The second-order valence-corrected chi connectivity index (χ2v) is 5.81. The molecule has 1 saturated heterocycles. The van der Waals surface area contributed by atoms with Crippen LogP contribution in [0.5, 0.6) is 0 Å². The third-order valence-corrected chi connectivity index (χ3v) is 3.45. The highest BCUT2D eigenvalue weighted by Crippen LogP contribution is 2.40. The Morgan fingerprint density at radius 3 is 2.33 bits per heavy atom. The zero-order valence-electron chi connectivity index (χ0n) is 9.95. The maximum absolute atomic E-state index is 11.8. The molecular weight excluding hydrogens is 190 g/mol. The average molecular weight is 211 g/mol. The lowest BCUT2D eigenvalue weighted by atomic mass is 9.70. The van der Waals surface area contributed by atoms with Gasteiger partial charge in [0.1, 0.15) is 5.60 Å². The quantitative estimate of drug-likeness (QED) is 0.616. The average Bonchev–Trinajstić information content (AvgIpc) is 2.04. The lowest BCUT2D eigenvalue weighted by molar-refractivity contribution is -0.00502. The van der Waals surface area contributed by atoms with Crippen molar-refractivity contribution in [2.24, 2.45) is 11.8 Å². The Balaban J connectivity index is 1.86. The number of rotatable bonds is 0. The number of fused-ring (bicyclic) bond motifs is 1. The maximum Gasteiger partial charge on any atom is 0.410 e. The molecule has 1 heterocycles. The van der Waals surface area contributed by atoms with Crippen LogP contribution < -0.4 is 0 Å². The molecule has 1 amide bonds. The van der Waals surface area contributed by atoms with Crippen molar-refractivity contribution in [2.75, 3.05) is 13.1 Å². The summed E-state index contributed by atoms with van der Waals surface area (Å²) in [5.74, 6) is 1.65. The number of carbonyl (C=O) groups excluding carboxylic acids is 1. The number of amides is 1. The summed E-state index contributed by atoms with van der Waals surface area (Å²) in [6.07, 6.45) is 3.70. The van der Waals surface area contributed by atoms with E-state index in [1.807, 2.05) is 25.7 Å². The van der Waals surface area contributed by atoms with Gasteiger partial charge in [-0.15, -0.1) is 0 Å². The Bertz CT molecular complexity index is 257. The van der Waals surface area contributed by atoms with Gasteiger partial charge in [-0.25, -0.2) is 4.79 Å². The zero-order chi connectivity index (χ0) is 11.1. The molecule has 3 nitrogen and oxygen atoms in total. The number of likely N-dealkylation sites (tertiary alicyclic amines) is 1. The first-order valence-corrected chi connectivity index (χ1v) is 5.93. The fourth-order valence-electron chi connectivity index (χ4n) is 2.45. The third kappa shape index (κ3) is 2.44. The molecule has 0 bridgehead atoms. The molecule has 0 N–H and O–H groups in total. The standard InChI is InChI=1S/C12H21NO2/c1-12(2,3)15-11(14)13-7-6-9-4-5-10(9)8-13/h9-10H,4-8H2,1-3H3. The highest BCUT2D eigenvalue weighted by Gasteiger charge is 2.38. The van der Waals surface area contributed by atoms with Crippen LogP contribution in [0.2, 0.25) is 0 Å². The molecule has 1 saturated carbocycles. The summed E-state index contributed by atoms with van der Waals surface area (Å²) in [6, 6.07) is 0. The van der Waals surface area contributed by atoms with Crippen molar-refractivity contribution in [1.82, 2.24) is 4.90 Å². The predicted octanol–water partition coefficient (Wildman–Crippen LogP) is 2.65. The van der Waals surface area contributed by atoms with Crippen LogP contribution in [0.15, 0.2) is 0 Å². The van der Waals surface area contributed by atoms with Gasteiger partial charge in [0.2, 0.25) is 0 Å². The number of nitrogens with zero attached hydrogens (tertiary/aromatic N) is 1. The third-order valence-electron chi connectivity index (χ3n) is 3.45. The van der Waals surface area contributed by atoms with E-state index < -0.39 is 0 Å². The molecule has 2 aliphatic rings. The van der Waals surface area contributed by atoms with Crippen molar-refractivity contribution in [3.8, 4) is 0 Å². The van der Waals surface area contributed by atoms with Crippen LogP contribution in [0, 0.1) is 11.8 Å². The Kier molecular flexibility index (Phi) is 2.65. The van der Waals surface area contributed by atoms with Gasteiger partial charge in [-0.05, 0) is 51.9 Å². The topological polar surface area (TPSA) is 29.5 Å². The van der Waals surface area contributed by atoms with Gasteiger partial charge in [-0.1, -0.05) is 0 Å². The highest BCUT2D eigenvalue weighted by molar-refractivity contribution is 5.68. The Morgan fingerprint density at radius 1 is 1.20 bits per heavy atom. The van der Waals surface area contributed by atoms with Gasteiger partial charge >= 0.3 is 6.09 Å². The second-order valence-electron chi connectivity index (χ2n) is 5.81. The summed E-state index contributed by atoms with van der Waals surface area (Å²) in [5.41, 5.74) is -0.368. The molecule has 15 heavy (non-hydrogen) atoms. The summed E-state index contributed by atoms with van der Waals surface area (Å²) in [6.45, 7) is 7.55. The van der Waals surface area contributed by atoms with Crippen molar-refractivity contribution in [3.05, 3.63) is 0 Å². The minimum atomic E-state index is -0.368. The molecule has 2 rings (SSSR count). The molecule has 3 heteroatoms. The molecule has 0 spiro atoms. The van der Waals surface area contributed by atoms with Gasteiger partial charge in [-0.2, -0.15) is 0 Å². The Labute approximate surface area is 91.8 Å². The fraction of sp³-hybridized carbons (Fsp3) is 0.917. The molecule has 0 aromatic carbocycles. The van der Waals surface area contributed by atoms with E-state index in [4.69, 9.17) is 4.74 Å². The van der Waals surface area contributed by atoms with Crippen LogP contribution in [-0.4, -0.2) is 29.7 Å².